The smallest absolute Gasteiger partial charge is 0.282 e. The number of benzene rings is 2. The molecule has 5 nitrogen and oxygen atoms in total. The van der Waals surface area contributed by atoms with E-state index in [1.165, 1.54) is 16.2 Å². The van der Waals surface area contributed by atoms with E-state index in [-0.39, 0.29) is 17.5 Å². The van der Waals surface area contributed by atoms with Crippen LogP contribution in [-0.4, -0.2) is 18.9 Å². The number of aryl methyl sites for hydroxylation is 1. The Morgan fingerprint density at radius 2 is 1.79 bits per heavy atom. The molecule has 0 aliphatic carbocycles. The lowest BCUT2D eigenvalue weighted by molar-refractivity contribution is -0.120. The van der Waals surface area contributed by atoms with Crippen LogP contribution >= 0.6 is 11.3 Å². The average molecular weight is 390 g/mol. The number of anilines is 2. The third kappa shape index (κ3) is 3.08. The predicted octanol–water partition coefficient (Wildman–Crippen LogP) is 4.46. The Kier molecular flexibility index (Phi) is 4.71. The summed E-state index contributed by atoms with van der Waals surface area (Å²) in [5, 5.41) is 5.09. The maximum Gasteiger partial charge on any atom is 0.282 e. The summed E-state index contributed by atoms with van der Waals surface area (Å²) in [7, 11) is 1.55. The van der Waals surface area contributed by atoms with Crippen LogP contribution in [0.1, 0.15) is 10.4 Å². The van der Waals surface area contributed by atoms with Gasteiger partial charge in [-0.05, 0) is 42.1 Å². The number of amides is 2. The molecule has 2 heterocycles. The first-order chi connectivity index (χ1) is 13.6. The number of rotatable bonds is 5. The molecular formula is C22H18N2O3S. The number of carbonyl (C=O) groups is 2. The first kappa shape index (κ1) is 18.0. The quantitative estimate of drug-likeness (QED) is 0.654. The molecule has 1 N–H and O–H groups in total. The van der Waals surface area contributed by atoms with Gasteiger partial charge in [0, 0.05) is 16.6 Å². The van der Waals surface area contributed by atoms with E-state index in [4.69, 9.17) is 4.74 Å². The Hall–Kier alpha value is -3.38. The fourth-order valence-corrected chi connectivity index (χ4v) is 3.90. The first-order valence-corrected chi connectivity index (χ1v) is 9.61. The van der Waals surface area contributed by atoms with Gasteiger partial charge in [0.25, 0.3) is 11.8 Å². The summed E-state index contributed by atoms with van der Waals surface area (Å²) in [4.78, 5) is 28.5. The summed E-state index contributed by atoms with van der Waals surface area (Å²) in [5.41, 5.74) is 2.92. The second-order valence-electron chi connectivity index (χ2n) is 6.31. The van der Waals surface area contributed by atoms with Crippen molar-refractivity contribution in [2.24, 2.45) is 0 Å². The van der Waals surface area contributed by atoms with Gasteiger partial charge in [0.1, 0.15) is 11.4 Å². The minimum atomic E-state index is -0.384. The molecule has 4 rings (SSSR count). The number of carbonyl (C=O) groups excluding carboxylic acids is 2. The highest BCUT2D eigenvalue weighted by atomic mass is 32.1. The Bertz CT molecular complexity index is 1090. The molecule has 6 heteroatoms. The van der Waals surface area contributed by atoms with Crippen molar-refractivity contribution in [3.05, 3.63) is 82.2 Å². The number of hydrogen-bond donors (Lipinski definition) is 1. The Labute approximate surface area is 166 Å². The molecule has 2 amide bonds. The highest BCUT2D eigenvalue weighted by Gasteiger charge is 2.40. The second kappa shape index (κ2) is 7.32. The van der Waals surface area contributed by atoms with Gasteiger partial charge in [-0.15, -0.1) is 11.3 Å². The normalized spacial score (nSPS) is 14.0. The minimum absolute atomic E-state index is 0.282. The highest BCUT2D eigenvalue weighted by molar-refractivity contribution is 7.11. The fraction of sp³-hybridized carbons (Fsp3) is 0.0909. The van der Waals surface area contributed by atoms with E-state index < -0.39 is 0 Å². The van der Waals surface area contributed by atoms with Gasteiger partial charge >= 0.3 is 0 Å². The van der Waals surface area contributed by atoms with Crippen molar-refractivity contribution in [2.45, 2.75) is 6.92 Å². The zero-order chi connectivity index (χ0) is 19.7. The van der Waals surface area contributed by atoms with Gasteiger partial charge in [0.15, 0.2) is 0 Å². The van der Waals surface area contributed by atoms with Crippen LogP contribution in [0.25, 0.3) is 5.57 Å². The SMILES string of the molecule is COc1cccc(N2C(=O)C(Nc3ccccc3C)=C(c3cccs3)C2=O)c1. The molecule has 0 fully saturated rings. The van der Waals surface area contributed by atoms with Crippen molar-refractivity contribution >= 4 is 40.1 Å². The maximum atomic E-state index is 13.3. The summed E-state index contributed by atoms with van der Waals surface area (Å²) in [5.74, 6) is -0.155. The van der Waals surface area contributed by atoms with Crippen molar-refractivity contribution in [3.8, 4) is 5.75 Å². The first-order valence-electron chi connectivity index (χ1n) is 8.74. The lowest BCUT2D eigenvalue weighted by atomic mass is 10.1. The maximum absolute atomic E-state index is 13.3. The number of ether oxygens (including phenoxy) is 1. The van der Waals surface area contributed by atoms with Gasteiger partial charge < -0.3 is 10.1 Å². The lowest BCUT2D eigenvalue weighted by Gasteiger charge is -2.16. The molecule has 1 aliphatic heterocycles. The van der Waals surface area contributed by atoms with Gasteiger partial charge in [-0.25, -0.2) is 4.90 Å². The number of hydrogen-bond acceptors (Lipinski definition) is 5. The molecule has 1 aliphatic rings. The van der Waals surface area contributed by atoms with E-state index in [2.05, 4.69) is 5.32 Å². The number of thiophene rings is 1. The zero-order valence-electron chi connectivity index (χ0n) is 15.4. The van der Waals surface area contributed by atoms with Crippen LogP contribution in [0.5, 0.6) is 5.75 Å². The summed E-state index contributed by atoms with van der Waals surface area (Å²) in [6, 6.07) is 18.3. The van der Waals surface area contributed by atoms with E-state index in [0.29, 0.717) is 17.0 Å². The van der Waals surface area contributed by atoms with Gasteiger partial charge in [-0.3, -0.25) is 9.59 Å². The molecule has 0 saturated heterocycles. The molecule has 0 bridgehead atoms. The van der Waals surface area contributed by atoms with Crippen LogP contribution in [0.4, 0.5) is 11.4 Å². The van der Waals surface area contributed by atoms with E-state index in [1.54, 1.807) is 31.4 Å². The number of para-hydroxylation sites is 1. The summed E-state index contributed by atoms with van der Waals surface area (Å²) >= 11 is 1.43. The number of methoxy groups -OCH3 is 1. The zero-order valence-corrected chi connectivity index (χ0v) is 16.2. The van der Waals surface area contributed by atoms with Gasteiger partial charge in [0.2, 0.25) is 0 Å². The van der Waals surface area contributed by atoms with Crippen LogP contribution in [0, 0.1) is 6.92 Å². The van der Waals surface area contributed by atoms with Crippen LogP contribution in [-0.2, 0) is 9.59 Å². The molecular weight excluding hydrogens is 372 g/mol. The van der Waals surface area contributed by atoms with Gasteiger partial charge in [-0.2, -0.15) is 0 Å². The predicted molar refractivity (Wildman–Crippen MR) is 112 cm³/mol. The Balaban J connectivity index is 1.81. The topological polar surface area (TPSA) is 58.6 Å². The fourth-order valence-electron chi connectivity index (χ4n) is 3.13. The molecule has 2 aromatic carbocycles. The van der Waals surface area contributed by atoms with Crippen LogP contribution in [0.3, 0.4) is 0 Å². The van der Waals surface area contributed by atoms with E-state index in [0.717, 1.165) is 16.1 Å². The lowest BCUT2D eigenvalue weighted by Crippen LogP contribution is -2.32. The van der Waals surface area contributed by atoms with E-state index in [9.17, 15) is 9.59 Å². The van der Waals surface area contributed by atoms with E-state index >= 15 is 0 Å². The number of imide groups is 1. The van der Waals surface area contributed by atoms with Crippen molar-refractivity contribution in [2.75, 3.05) is 17.3 Å². The molecule has 140 valence electrons. The van der Waals surface area contributed by atoms with Crippen LogP contribution in [0.15, 0.2) is 71.7 Å². The van der Waals surface area contributed by atoms with Crippen molar-refractivity contribution < 1.29 is 14.3 Å². The van der Waals surface area contributed by atoms with Crippen LogP contribution < -0.4 is 15.0 Å². The monoisotopic (exact) mass is 390 g/mol. The molecule has 28 heavy (non-hydrogen) atoms. The Morgan fingerprint density at radius 1 is 0.964 bits per heavy atom. The third-order valence-corrected chi connectivity index (χ3v) is 5.46. The summed E-state index contributed by atoms with van der Waals surface area (Å²) < 4.78 is 5.25. The Morgan fingerprint density at radius 3 is 2.50 bits per heavy atom. The molecule has 1 aromatic heterocycles. The van der Waals surface area contributed by atoms with Crippen molar-refractivity contribution in [1.29, 1.82) is 0 Å². The largest absolute Gasteiger partial charge is 0.497 e. The average Bonchev–Trinajstić information content (AvgIpc) is 3.30. The van der Waals surface area contributed by atoms with Gasteiger partial charge in [0.05, 0.1) is 18.4 Å². The van der Waals surface area contributed by atoms with Gasteiger partial charge in [-0.1, -0.05) is 30.3 Å². The van der Waals surface area contributed by atoms with Crippen molar-refractivity contribution in [3.63, 3.8) is 0 Å². The molecule has 0 spiro atoms. The van der Waals surface area contributed by atoms with Crippen molar-refractivity contribution in [1.82, 2.24) is 0 Å². The number of nitrogens with one attached hydrogen (secondary N) is 1. The highest BCUT2D eigenvalue weighted by Crippen LogP contribution is 2.36. The molecule has 3 aromatic rings. The molecule has 0 saturated carbocycles. The number of nitrogens with zero attached hydrogens (tertiary/aromatic N) is 1. The van der Waals surface area contributed by atoms with E-state index in [1.807, 2.05) is 48.7 Å². The molecule has 0 unspecified atom stereocenters. The van der Waals surface area contributed by atoms with Crippen LogP contribution in [0.2, 0.25) is 0 Å². The summed E-state index contributed by atoms with van der Waals surface area (Å²) in [6.45, 7) is 1.95. The molecule has 0 radical (unpaired) electrons. The third-order valence-electron chi connectivity index (χ3n) is 4.57. The second-order valence-corrected chi connectivity index (χ2v) is 7.26. The molecule has 0 atom stereocenters. The minimum Gasteiger partial charge on any atom is -0.497 e. The summed E-state index contributed by atoms with van der Waals surface area (Å²) in [6.07, 6.45) is 0. The standard InChI is InChI=1S/C22H18N2O3S/c1-14-7-3-4-10-17(14)23-20-19(18-11-6-12-28-18)21(25)24(22(20)26)15-8-5-9-16(13-15)27-2/h3-13,23H,1-2H3.